The van der Waals surface area contributed by atoms with Crippen molar-refractivity contribution in [3.63, 3.8) is 0 Å². The second kappa shape index (κ2) is 4.41. The Morgan fingerprint density at radius 1 is 1.29 bits per heavy atom. The fourth-order valence-electron chi connectivity index (χ4n) is 1.47. The first-order valence-corrected chi connectivity index (χ1v) is 5.82. The first-order chi connectivity index (χ1) is 7.54. The van der Waals surface area contributed by atoms with Crippen LogP contribution in [-0.4, -0.2) is 37.3 Å². The molecule has 1 fully saturated rings. The number of carboxylic acids is 1. The van der Waals surface area contributed by atoms with E-state index in [0.717, 1.165) is 0 Å². The van der Waals surface area contributed by atoms with Crippen LogP contribution in [0.5, 0.6) is 0 Å². The van der Waals surface area contributed by atoms with E-state index in [1.807, 2.05) is 0 Å². The van der Waals surface area contributed by atoms with Gasteiger partial charge >= 0.3 is 21.6 Å². The van der Waals surface area contributed by atoms with Crippen molar-refractivity contribution in [2.45, 2.75) is 30.6 Å². The lowest BCUT2D eigenvalue weighted by atomic mass is 10.1. The van der Waals surface area contributed by atoms with Gasteiger partial charge in [-0.3, -0.25) is 8.98 Å². The highest BCUT2D eigenvalue weighted by Gasteiger charge is 2.51. The molecule has 1 aliphatic rings. The van der Waals surface area contributed by atoms with Gasteiger partial charge in [-0.2, -0.15) is 21.6 Å². The van der Waals surface area contributed by atoms with Gasteiger partial charge in [0, 0.05) is 0 Å². The molecule has 1 saturated carbocycles. The zero-order valence-corrected chi connectivity index (χ0v) is 8.96. The lowest BCUT2D eigenvalue weighted by Gasteiger charge is -2.15. The summed E-state index contributed by atoms with van der Waals surface area (Å²) in [6.45, 7) is 0. The van der Waals surface area contributed by atoms with Gasteiger partial charge in [0.25, 0.3) is 0 Å². The molecule has 3 atom stereocenters. The minimum atomic E-state index is -5.90. The van der Waals surface area contributed by atoms with Crippen LogP contribution in [0.4, 0.5) is 17.6 Å². The molecule has 100 valence electrons. The molecule has 0 aromatic carbocycles. The van der Waals surface area contributed by atoms with E-state index in [9.17, 15) is 30.8 Å². The zero-order valence-electron chi connectivity index (χ0n) is 8.15. The van der Waals surface area contributed by atoms with Crippen LogP contribution in [0, 0.1) is 5.92 Å². The maximum absolute atomic E-state index is 13.1. The van der Waals surface area contributed by atoms with Crippen molar-refractivity contribution in [1.82, 2.24) is 0 Å². The van der Waals surface area contributed by atoms with Crippen molar-refractivity contribution in [1.29, 1.82) is 0 Å². The van der Waals surface area contributed by atoms with Gasteiger partial charge in [0.2, 0.25) is 0 Å². The summed E-state index contributed by atoms with van der Waals surface area (Å²) >= 11 is 0. The van der Waals surface area contributed by atoms with Crippen molar-refractivity contribution in [3.05, 3.63) is 0 Å². The highest BCUT2D eigenvalue weighted by Crippen LogP contribution is 2.35. The Morgan fingerprint density at radius 3 is 2.18 bits per heavy atom. The normalized spacial score (nSPS) is 30.5. The summed E-state index contributed by atoms with van der Waals surface area (Å²) in [5.41, 5.74) is -5.64. The highest BCUT2D eigenvalue weighted by molar-refractivity contribution is 7.87. The molecule has 0 aromatic rings. The van der Waals surface area contributed by atoms with Crippen molar-refractivity contribution >= 4 is 16.1 Å². The number of aliphatic carboxylic acids is 1. The Hall–Kier alpha value is -0.900. The number of rotatable bonds is 3. The molecule has 0 radical (unpaired) electrons. The lowest BCUT2D eigenvalue weighted by molar-refractivity contribution is -0.141. The van der Waals surface area contributed by atoms with E-state index in [1.165, 1.54) is 0 Å². The van der Waals surface area contributed by atoms with Gasteiger partial charge in [-0.25, -0.2) is 4.39 Å². The largest absolute Gasteiger partial charge is 0.523 e. The molecule has 0 amide bonds. The van der Waals surface area contributed by atoms with Crippen LogP contribution < -0.4 is 0 Å². The molecule has 1 rings (SSSR count). The Balaban J connectivity index is 2.75. The third-order valence-corrected chi connectivity index (χ3v) is 3.38. The molecule has 0 saturated heterocycles. The summed E-state index contributed by atoms with van der Waals surface area (Å²) < 4.78 is 73.7. The summed E-state index contributed by atoms with van der Waals surface area (Å²) in [4.78, 5) is 10.5. The molecule has 0 spiro atoms. The average molecular weight is 280 g/mol. The minimum Gasteiger partial charge on any atom is -0.481 e. The summed E-state index contributed by atoms with van der Waals surface area (Å²) in [5, 5.41) is 8.51. The Labute approximate surface area is 93.5 Å². The van der Waals surface area contributed by atoms with Gasteiger partial charge in [-0.1, -0.05) is 0 Å². The number of hydrogen-bond donors (Lipinski definition) is 1. The van der Waals surface area contributed by atoms with Gasteiger partial charge in [-0.15, -0.1) is 0 Å². The van der Waals surface area contributed by atoms with E-state index in [0.29, 0.717) is 0 Å². The molecule has 1 aliphatic carbocycles. The topological polar surface area (TPSA) is 80.7 Å². The van der Waals surface area contributed by atoms with Gasteiger partial charge in [0.05, 0.1) is 5.92 Å². The molecule has 0 bridgehead atoms. The second-order valence-corrected chi connectivity index (χ2v) is 5.12. The first kappa shape index (κ1) is 14.2. The van der Waals surface area contributed by atoms with Crippen LogP contribution in [-0.2, 0) is 19.1 Å². The maximum atomic E-state index is 13.1. The molecular formula is C7H8F4O5S. The van der Waals surface area contributed by atoms with Crippen molar-refractivity contribution in [2.24, 2.45) is 5.92 Å². The Morgan fingerprint density at radius 2 is 1.82 bits per heavy atom. The summed E-state index contributed by atoms with van der Waals surface area (Å²) in [6, 6.07) is 0. The van der Waals surface area contributed by atoms with E-state index in [4.69, 9.17) is 5.11 Å². The fraction of sp³-hybridized carbons (Fsp3) is 0.857. The van der Waals surface area contributed by atoms with E-state index < -0.39 is 52.6 Å². The molecule has 0 unspecified atom stereocenters. The molecular weight excluding hydrogens is 272 g/mol. The van der Waals surface area contributed by atoms with Crippen LogP contribution in [0.15, 0.2) is 0 Å². The zero-order chi connectivity index (χ0) is 13.4. The van der Waals surface area contributed by atoms with Gasteiger partial charge in [-0.05, 0) is 12.8 Å². The van der Waals surface area contributed by atoms with Crippen LogP contribution in [0.1, 0.15) is 12.8 Å². The molecule has 1 N–H and O–H groups in total. The number of halogens is 4. The lowest BCUT2D eigenvalue weighted by Crippen LogP contribution is -2.32. The molecule has 17 heavy (non-hydrogen) atoms. The summed E-state index contributed by atoms with van der Waals surface area (Å²) in [7, 11) is -5.90. The van der Waals surface area contributed by atoms with Crippen LogP contribution >= 0.6 is 0 Å². The van der Waals surface area contributed by atoms with Crippen LogP contribution in [0.25, 0.3) is 0 Å². The maximum Gasteiger partial charge on any atom is 0.523 e. The predicted molar refractivity (Wildman–Crippen MR) is 45.1 cm³/mol. The molecule has 5 nitrogen and oxygen atoms in total. The number of carboxylic acid groups (broad SMARTS) is 1. The fourth-order valence-corrected chi connectivity index (χ4v) is 2.10. The van der Waals surface area contributed by atoms with Crippen molar-refractivity contribution < 1.29 is 40.1 Å². The summed E-state index contributed by atoms with van der Waals surface area (Å²) in [6.07, 6.45) is -5.12. The van der Waals surface area contributed by atoms with E-state index >= 15 is 0 Å². The van der Waals surface area contributed by atoms with E-state index in [-0.39, 0.29) is 0 Å². The third-order valence-electron chi connectivity index (χ3n) is 2.31. The molecule has 0 aromatic heterocycles. The van der Waals surface area contributed by atoms with Crippen molar-refractivity contribution in [2.75, 3.05) is 0 Å². The van der Waals surface area contributed by atoms with Gasteiger partial charge in [0.1, 0.15) is 12.3 Å². The van der Waals surface area contributed by atoms with Gasteiger partial charge < -0.3 is 5.11 Å². The third kappa shape index (κ3) is 3.06. The van der Waals surface area contributed by atoms with Gasteiger partial charge in [0.15, 0.2) is 0 Å². The Kier molecular flexibility index (Phi) is 3.67. The Bertz CT molecular complexity index is 403. The minimum absolute atomic E-state index is 0.562. The smallest absolute Gasteiger partial charge is 0.481 e. The van der Waals surface area contributed by atoms with Crippen molar-refractivity contribution in [3.8, 4) is 0 Å². The average Bonchev–Trinajstić information content (AvgIpc) is 2.45. The number of alkyl halides is 4. The molecule has 0 aliphatic heterocycles. The highest BCUT2D eigenvalue weighted by atomic mass is 32.2. The second-order valence-electron chi connectivity index (χ2n) is 3.56. The van der Waals surface area contributed by atoms with Crippen LogP contribution in [0.2, 0.25) is 0 Å². The standard InChI is InChI=1S/C7H8F4O5S/c8-4-1-3(6(12)13)2-5(4)16-17(14,15)7(9,10)11/h3-5H,1-2H2,(H,12,13)/t3-,4-,5-/m1/s1. The predicted octanol–water partition coefficient (Wildman–Crippen LogP) is 1.05. The SMILES string of the molecule is O=C(O)[C@@H]1C[C@@H](F)[C@H](OS(=O)(=O)C(F)(F)F)C1. The number of hydrogen-bond acceptors (Lipinski definition) is 4. The monoisotopic (exact) mass is 280 g/mol. The molecule has 10 heteroatoms. The van der Waals surface area contributed by atoms with E-state index in [1.54, 1.807) is 0 Å². The summed E-state index contributed by atoms with van der Waals surface area (Å²) in [5.74, 6) is -2.64. The number of carbonyl (C=O) groups is 1. The van der Waals surface area contributed by atoms with E-state index in [2.05, 4.69) is 4.18 Å². The molecule has 0 heterocycles. The first-order valence-electron chi connectivity index (χ1n) is 4.41. The quantitative estimate of drug-likeness (QED) is 0.475. The van der Waals surface area contributed by atoms with Crippen LogP contribution in [0.3, 0.4) is 0 Å².